The van der Waals surface area contributed by atoms with Gasteiger partial charge in [-0.1, -0.05) is 0 Å². The number of hydrogen-bond donors (Lipinski definition) is 1. The molecule has 0 aromatic heterocycles. The minimum absolute atomic E-state index is 0.0505. The zero-order valence-corrected chi connectivity index (χ0v) is 9.14. The molecule has 2 saturated heterocycles. The first-order chi connectivity index (χ1) is 7.63. The van der Waals surface area contributed by atoms with Crippen LogP contribution in [0.1, 0.15) is 6.92 Å². The molecular formula is C10H14N4O2. The summed E-state index contributed by atoms with van der Waals surface area (Å²) >= 11 is 0. The van der Waals surface area contributed by atoms with Gasteiger partial charge in [-0.15, -0.1) is 0 Å². The van der Waals surface area contributed by atoms with Crippen molar-refractivity contribution in [1.82, 2.24) is 15.1 Å². The summed E-state index contributed by atoms with van der Waals surface area (Å²) in [6.07, 6.45) is 0. The van der Waals surface area contributed by atoms with Gasteiger partial charge < -0.3 is 15.1 Å². The van der Waals surface area contributed by atoms with E-state index in [1.165, 1.54) is 0 Å². The number of piperazine rings is 1. The van der Waals surface area contributed by atoms with Crippen molar-refractivity contribution in [3.63, 3.8) is 0 Å². The average Bonchev–Trinajstić information content (AvgIpc) is 2.68. The largest absolute Gasteiger partial charge is 0.338 e. The van der Waals surface area contributed by atoms with E-state index < -0.39 is 5.92 Å². The normalized spacial score (nSPS) is 25.8. The van der Waals surface area contributed by atoms with Crippen molar-refractivity contribution in [3.05, 3.63) is 0 Å². The number of carbonyl (C=O) groups is 2. The van der Waals surface area contributed by atoms with E-state index in [2.05, 4.69) is 5.32 Å². The van der Waals surface area contributed by atoms with Crippen LogP contribution in [-0.2, 0) is 4.79 Å². The molecule has 2 rings (SSSR count). The van der Waals surface area contributed by atoms with E-state index in [0.717, 1.165) is 0 Å². The van der Waals surface area contributed by atoms with E-state index in [0.29, 0.717) is 26.2 Å². The number of hydrogen-bond acceptors (Lipinski definition) is 3. The summed E-state index contributed by atoms with van der Waals surface area (Å²) in [5.74, 6) is -0.738. The summed E-state index contributed by atoms with van der Waals surface area (Å²) in [4.78, 5) is 26.5. The Bertz CT molecular complexity index is 362. The number of amides is 3. The molecule has 1 N–H and O–H groups in total. The Morgan fingerprint density at radius 2 is 2.38 bits per heavy atom. The Kier molecular flexibility index (Phi) is 2.69. The van der Waals surface area contributed by atoms with Crippen LogP contribution in [0.2, 0.25) is 0 Å². The number of fused-ring (bicyclic) bond motifs is 1. The van der Waals surface area contributed by atoms with Crippen molar-refractivity contribution in [3.8, 4) is 6.07 Å². The molecule has 2 heterocycles. The zero-order valence-electron chi connectivity index (χ0n) is 9.14. The molecule has 0 saturated carbocycles. The number of urea groups is 1. The second-order valence-corrected chi connectivity index (χ2v) is 4.17. The van der Waals surface area contributed by atoms with Gasteiger partial charge in [0.25, 0.3) is 0 Å². The third-order valence-corrected chi connectivity index (χ3v) is 3.11. The fourth-order valence-electron chi connectivity index (χ4n) is 2.13. The number of nitrogens with zero attached hydrogens (tertiary/aromatic N) is 3. The molecule has 16 heavy (non-hydrogen) atoms. The highest BCUT2D eigenvalue weighted by Crippen LogP contribution is 2.15. The standard InChI is InChI=1S/C10H14N4O2/c1-7(4-11)9(15)13-2-3-14-8(6-13)5-12-10(14)16/h7-8H,2-3,5-6H2,1H3,(H,12,16). The lowest BCUT2D eigenvalue weighted by Crippen LogP contribution is -2.54. The van der Waals surface area contributed by atoms with Crippen molar-refractivity contribution in [2.45, 2.75) is 13.0 Å². The van der Waals surface area contributed by atoms with Crippen LogP contribution >= 0.6 is 0 Å². The van der Waals surface area contributed by atoms with Crippen LogP contribution in [-0.4, -0.2) is 54.0 Å². The van der Waals surface area contributed by atoms with Gasteiger partial charge in [0, 0.05) is 26.2 Å². The maximum absolute atomic E-state index is 11.8. The molecule has 6 nitrogen and oxygen atoms in total. The molecule has 3 amide bonds. The number of rotatable bonds is 1. The van der Waals surface area contributed by atoms with Crippen LogP contribution in [0.5, 0.6) is 0 Å². The first kappa shape index (κ1) is 10.7. The topological polar surface area (TPSA) is 76.4 Å². The minimum Gasteiger partial charge on any atom is -0.338 e. The molecule has 2 fully saturated rings. The van der Waals surface area contributed by atoms with E-state index >= 15 is 0 Å². The first-order valence-corrected chi connectivity index (χ1v) is 5.36. The van der Waals surface area contributed by atoms with Crippen molar-refractivity contribution in [1.29, 1.82) is 5.26 Å². The zero-order chi connectivity index (χ0) is 11.7. The van der Waals surface area contributed by atoms with E-state index in [1.54, 1.807) is 16.7 Å². The number of nitriles is 1. The first-order valence-electron chi connectivity index (χ1n) is 5.36. The average molecular weight is 222 g/mol. The highest BCUT2D eigenvalue weighted by atomic mass is 16.2. The summed E-state index contributed by atoms with van der Waals surface area (Å²) in [6.45, 7) is 3.80. The molecule has 6 heteroatoms. The quantitative estimate of drug-likeness (QED) is 0.642. The van der Waals surface area contributed by atoms with Crippen molar-refractivity contribution in [2.75, 3.05) is 26.2 Å². The molecule has 2 unspecified atom stereocenters. The smallest absolute Gasteiger partial charge is 0.317 e. The van der Waals surface area contributed by atoms with Crippen LogP contribution in [0, 0.1) is 17.2 Å². The maximum atomic E-state index is 11.8. The monoisotopic (exact) mass is 222 g/mol. The molecular weight excluding hydrogens is 208 g/mol. The van der Waals surface area contributed by atoms with Gasteiger partial charge in [0.05, 0.1) is 12.1 Å². The molecule has 2 aliphatic rings. The van der Waals surface area contributed by atoms with Crippen LogP contribution in [0.3, 0.4) is 0 Å². The molecule has 2 aliphatic heterocycles. The van der Waals surface area contributed by atoms with E-state index in [9.17, 15) is 9.59 Å². The van der Waals surface area contributed by atoms with Crippen LogP contribution < -0.4 is 5.32 Å². The summed E-state index contributed by atoms with van der Waals surface area (Å²) in [5.41, 5.74) is 0. The molecule has 0 aliphatic carbocycles. The minimum atomic E-state index is -0.600. The maximum Gasteiger partial charge on any atom is 0.317 e. The lowest BCUT2D eigenvalue weighted by molar-refractivity contribution is -0.135. The van der Waals surface area contributed by atoms with Crippen molar-refractivity contribution >= 4 is 11.9 Å². The van der Waals surface area contributed by atoms with Crippen LogP contribution in [0.25, 0.3) is 0 Å². The van der Waals surface area contributed by atoms with Gasteiger partial charge in [0.1, 0.15) is 5.92 Å². The van der Waals surface area contributed by atoms with Gasteiger partial charge in [-0.05, 0) is 6.92 Å². The summed E-state index contributed by atoms with van der Waals surface area (Å²) < 4.78 is 0. The van der Waals surface area contributed by atoms with Gasteiger partial charge in [-0.3, -0.25) is 4.79 Å². The highest BCUT2D eigenvalue weighted by Gasteiger charge is 2.37. The Balaban J connectivity index is 2.00. The Morgan fingerprint density at radius 3 is 3.06 bits per heavy atom. The molecule has 0 radical (unpaired) electrons. The molecule has 0 aromatic carbocycles. The summed E-state index contributed by atoms with van der Waals surface area (Å²) in [6, 6.07) is 1.96. The third kappa shape index (κ3) is 1.69. The van der Waals surface area contributed by atoms with Gasteiger partial charge in [-0.2, -0.15) is 5.26 Å². The van der Waals surface area contributed by atoms with Crippen molar-refractivity contribution < 1.29 is 9.59 Å². The fraction of sp³-hybridized carbons (Fsp3) is 0.700. The number of nitrogens with one attached hydrogen (secondary N) is 1. The van der Waals surface area contributed by atoms with Gasteiger partial charge >= 0.3 is 6.03 Å². The van der Waals surface area contributed by atoms with E-state index in [-0.39, 0.29) is 18.0 Å². The predicted octanol–water partition coefficient (Wildman–Crippen LogP) is -0.618. The second-order valence-electron chi connectivity index (χ2n) is 4.17. The molecule has 0 spiro atoms. The van der Waals surface area contributed by atoms with E-state index in [4.69, 9.17) is 5.26 Å². The van der Waals surface area contributed by atoms with Gasteiger partial charge in [0.15, 0.2) is 0 Å². The predicted molar refractivity (Wildman–Crippen MR) is 55.2 cm³/mol. The molecule has 86 valence electrons. The second kappa shape index (κ2) is 4.00. The number of carbonyl (C=O) groups excluding carboxylic acids is 2. The summed E-state index contributed by atoms with van der Waals surface area (Å²) in [7, 11) is 0. The van der Waals surface area contributed by atoms with Gasteiger partial charge in [-0.25, -0.2) is 4.79 Å². The lowest BCUT2D eigenvalue weighted by Gasteiger charge is -2.36. The molecule has 0 bridgehead atoms. The van der Waals surface area contributed by atoms with Crippen LogP contribution in [0.4, 0.5) is 4.79 Å². The highest BCUT2D eigenvalue weighted by molar-refractivity contribution is 5.82. The van der Waals surface area contributed by atoms with Gasteiger partial charge in [0.2, 0.25) is 5.91 Å². The third-order valence-electron chi connectivity index (χ3n) is 3.11. The SMILES string of the molecule is CC(C#N)C(=O)N1CCN2C(=O)NCC2C1. The molecule has 2 atom stereocenters. The lowest BCUT2D eigenvalue weighted by atomic mass is 10.1. The Labute approximate surface area is 93.8 Å². The fourth-order valence-corrected chi connectivity index (χ4v) is 2.13. The summed E-state index contributed by atoms with van der Waals surface area (Å²) in [5, 5.41) is 11.4. The molecule has 0 aromatic rings. The Hall–Kier alpha value is -1.77. The Morgan fingerprint density at radius 1 is 1.62 bits per heavy atom. The van der Waals surface area contributed by atoms with E-state index in [1.807, 2.05) is 6.07 Å². The van der Waals surface area contributed by atoms with Crippen LogP contribution in [0.15, 0.2) is 0 Å². The van der Waals surface area contributed by atoms with Crippen molar-refractivity contribution in [2.24, 2.45) is 5.92 Å².